The van der Waals surface area contributed by atoms with Gasteiger partial charge in [-0.25, -0.2) is 13.8 Å². The van der Waals surface area contributed by atoms with Crippen LogP contribution in [0.1, 0.15) is 23.3 Å². The average Bonchev–Trinajstić information content (AvgIpc) is 3.26. The fourth-order valence-electron chi connectivity index (χ4n) is 1.86. The van der Waals surface area contributed by atoms with Crippen molar-refractivity contribution >= 4 is 17.4 Å². The molecule has 108 valence electrons. The molecule has 0 atom stereocenters. The molecule has 1 aliphatic carbocycles. The van der Waals surface area contributed by atoms with Crippen molar-refractivity contribution in [1.29, 1.82) is 0 Å². The number of nitrogens with zero attached hydrogens (tertiary/aromatic N) is 1. The number of hydrogen-bond acceptors (Lipinski definition) is 3. The molecule has 2 N–H and O–H groups in total. The van der Waals surface area contributed by atoms with Gasteiger partial charge >= 0.3 is 0 Å². The third kappa shape index (κ3) is 3.34. The van der Waals surface area contributed by atoms with Crippen LogP contribution in [0.3, 0.4) is 0 Å². The third-order valence-electron chi connectivity index (χ3n) is 3.09. The molecule has 1 aromatic heterocycles. The summed E-state index contributed by atoms with van der Waals surface area (Å²) in [6.45, 7) is 0. The minimum absolute atomic E-state index is 0.0799. The van der Waals surface area contributed by atoms with Gasteiger partial charge in [-0.3, -0.25) is 4.79 Å². The average molecular weight is 289 g/mol. The van der Waals surface area contributed by atoms with Gasteiger partial charge in [0, 0.05) is 12.1 Å². The minimum Gasteiger partial charge on any atom is -0.367 e. The first-order chi connectivity index (χ1) is 10.1. The van der Waals surface area contributed by atoms with Gasteiger partial charge in [0.1, 0.15) is 23.1 Å². The molecular formula is C15H13F2N3O. The van der Waals surface area contributed by atoms with Crippen molar-refractivity contribution in [2.24, 2.45) is 0 Å². The third-order valence-corrected chi connectivity index (χ3v) is 3.09. The summed E-state index contributed by atoms with van der Waals surface area (Å²) in [7, 11) is 0. The van der Waals surface area contributed by atoms with Crippen LogP contribution in [0.2, 0.25) is 0 Å². The number of benzene rings is 1. The molecule has 1 aromatic carbocycles. The van der Waals surface area contributed by atoms with Crippen LogP contribution >= 0.6 is 0 Å². The van der Waals surface area contributed by atoms with Crippen LogP contribution in [0.4, 0.5) is 20.3 Å². The van der Waals surface area contributed by atoms with Gasteiger partial charge < -0.3 is 10.6 Å². The molecule has 2 aromatic rings. The molecule has 1 heterocycles. The second kappa shape index (κ2) is 5.47. The quantitative estimate of drug-likeness (QED) is 0.909. The number of anilines is 2. The maximum Gasteiger partial charge on any atom is 0.274 e. The lowest BCUT2D eigenvalue weighted by atomic mass is 10.2. The van der Waals surface area contributed by atoms with E-state index in [2.05, 4.69) is 15.6 Å². The Hall–Kier alpha value is -2.50. The molecule has 0 bridgehead atoms. The molecule has 0 aliphatic heterocycles. The zero-order valence-corrected chi connectivity index (χ0v) is 11.1. The van der Waals surface area contributed by atoms with Gasteiger partial charge in [0.05, 0.1) is 5.69 Å². The van der Waals surface area contributed by atoms with Gasteiger partial charge in [0.15, 0.2) is 0 Å². The van der Waals surface area contributed by atoms with E-state index in [0.29, 0.717) is 17.9 Å². The molecule has 0 unspecified atom stereocenters. The zero-order valence-electron chi connectivity index (χ0n) is 11.1. The lowest BCUT2D eigenvalue weighted by Crippen LogP contribution is -2.15. The molecule has 1 fully saturated rings. The molecule has 1 aliphatic rings. The number of aromatic nitrogens is 1. The molecule has 21 heavy (non-hydrogen) atoms. The predicted molar refractivity (Wildman–Crippen MR) is 75.2 cm³/mol. The normalized spacial score (nSPS) is 13.8. The number of hydrogen-bond donors (Lipinski definition) is 2. The van der Waals surface area contributed by atoms with Crippen LogP contribution in [0.25, 0.3) is 0 Å². The highest BCUT2D eigenvalue weighted by molar-refractivity contribution is 6.03. The van der Waals surface area contributed by atoms with Crippen molar-refractivity contribution in [3.63, 3.8) is 0 Å². The molecule has 3 rings (SSSR count). The molecule has 0 spiro atoms. The van der Waals surface area contributed by atoms with Gasteiger partial charge in [0.2, 0.25) is 0 Å². The van der Waals surface area contributed by atoms with Crippen molar-refractivity contribution < 1.29 is 13.6 Å². The Kier molecular flexibility index (Phi) is 3.51. The van der Waals surface area contributed by atoms with E-state index in [1.165, 1.54) is 12.1 Å². The summed E-state index contributed by atoms with van der Waals surface area (Å²) in [5.41, 5.74) is 0.0909. The first-order valence-corrected chi connectivity index (χ1v) is 6.62. The molecule has 4 nitrogen and oxygen atoms in total. The maximum atomic E-state index is 13.5. The van der Waals surface area contributed by atoms with Gasteiger partial charge in [0.25, 0.3) is 5.91 Å². The molecular weight excluding hydrogens is 276 g/mol. The zero-order chi connectivity index (χ0) is 14.8. The Morgan fingerprint density at radius 2 is 2.00 bits per heavy atom. The fourth-order valence-corrected chi connectivity index (χ4v) is 1.86. The molecule has 1 saturated carbocycles. The van der Waals surface area contributed by atoms with Crippen LogP contribution in [0.15, 0.2) is 36.4 Å². The predicted octanol–water partition coefficient (Wildman–Crippen LogP) is 3.19. The lowest BCUT2D eigenvalue weighted by molar-refractivity contribution is 0.102. The van der Waals surface area contributed by atoms with Crippen LogP contribution in [0, 0.1) is 11.6 Å². The monoisotopic (exact) mass is 289 g/mol. The first-order valence-electron chi connectivity index (χ1n) is 6.62. The van der Waals surface area contributed by atoms with E-state index in [9.17, 15) is 13.6 Å². The maximum absolute atomic E-state index is 13.5. The highest BCUT2D eigenvalue weighted by Gasteiger charge is 2.21. The molecule has 6 heteroatoms. The van der Waals surface area contributed by atoms with Crippen molar-refractivity contribution in [3.05, 3.63) is 53.7 Å². The standard InChI is InChI=1S/C15H13F2N3O/c16-9-4-7-12(11(17)8-9)20-15(21)13-2-1-3-14(19-13)18-10-5-6-10/h1-4,7-8,10H,5-6H2,(H,18,19)(H,20,21). The largest absolute Gasteiger partial charge is 0.367 e. The van der Waals surface area contributed by atoms with Gasteiger partial charge in [-0.05, 0) is 37.1 Å². The van der Waals surface area contributed by atoms with Crippen molar-refractivity contribution in [3.8, 4) is 0 Å². The highest BCUT2D eigenvalue weighted by atomic mass is 19.1. The second-order valence-corrected chi connectivity index (χ2v) is 4.90. The van der Waals surface area contributed by atoms with E-state index >= 15 is 0 Å². The molecule has 1 amide bonds. The van der Waals surface area contributed by atoms with E-state index in [4.69, 9.17) is 0 Å². The minimum atomic E-state index is -0.824. The number of halogens is 2. The van der Waals surface area contributed by atoms with Crippen LogP contribution < -0.4 is 10.6 Å². The van der Waals surface area contributed by atoms with E-state index in [0.717, 1.165) is 18.9 Å². The molecule has 0 radical (unpaired) electrons. The summed E-state index contributed by atoms with van der Waals surface area (Å²) < 4.78 is 26.3. The smallest absolute Gasteiger partial charge is 0.274 e. The van der Waals surface area contributed by atoms with Crippen molar-refractivity contribution in [2.75, 3.05) is 10.6 Å². The number of pyridine rings is 1. The Balaban J connectivity index is 1.75. The van der Waals surface area contributed by atoms with Crippen LogP contribution in [-0.4, -0.2) is 16.9 Å². The Bertz CT molecular complexity index is 686. The van der Waals surface area contributed by atoms with E-state index in [-0.39, 0.29) is 11.4 Å². The Morgan fingerprint density at radius 1 is 1.19 bits per heavy atom. The SMILES string of the molecule is O=C(Nc1ccc(F)cc1F)c1cccc(NC2CC2)n1. The second-order valence-electron chi connectivity index (χ2n) is 4.90. The summed E-state index contributed by atoms with van der Waals surface area (Å²) in [6, 6.07) is 8.40. The van der Waals surface area contributed by atoms with Crippen LogP contribution in [-0.2, 0) is 0 Å². The van der Waals surface area contributed by atoms with Crippen molar-refractivity contribution in [1.82, 2.24) is 4.98 Å². The molecule has 0 saturated heterocycles. The van der Waals surface area contributed by atoms with E-state index < -0.39 is 17.5 Å². The van der Waals surface area contributed by atoms with E-state index in [1.807, 2.05) is 0 Å². The Labute approximate surface area is 120 Å². The highest BCUT2D eigenvalue weighted by Crippen LogP contribution is 2.23. The number of rotatable bonds is 4. The van der Waals surface area contributed by atoms with Gasteiger partial charge in [-0.15, -0.1) is 0 Å². The topological polar surface area (TPSA) is 54.0 Å². The summed E-state index contributed by atoms with van der Waals surface area (Å²) in [5.74, 6) is -1.44. The van der Waals surface area contributed by atoms with Gasteiger partial charge in [-0.2, -0.15) is 0 Å². The Morgan fingerprint density at radius 3 is 2.71 bits per heavy atom. The summed E-state index contributed by atoms with van der Waals surface area (Å²) in [6.07, 6.45) is 2.19. The number of nitrogens with one attached hydrogen (secondary N) is 2. The number of amides is 1. The summed E-state index contributed by atoms with van der Waals surface area (Å²) in [4.78, 5) is 16.2. The van der Waals surface area contributed by atoms with Crippen molar-refractivity contribution in [2.45, 2.75) is 18.9 Å². The lowest BCUT2D eigenvalue weighted by Gasteiger charge is -2.08. The fraction of sp³-hybridized carbons (Fsp3) is 0.200. The number of carbonyl (C=O) groups is 1. The van der Waals surface area contributed by atoms with Gasteiger partial charge in [-0.1, -0.05) is 6.07 Å². The van der Waals surface area contributed by atoms with E-state index in [1.54, 1.807) is 12.1 Å². The summed E-state index contributed by atoms with van der Waals surface area (Å²) in [5, 5.41) is 5.56. The van der Waals surface area contributed by atoms with Crippen LogP contribution in [0.5, 0.6) is 0 Å². The number of carbonyl (C=O) groups excluding carboxylic acids is 1. The first kappa shape index (κ1) is 13.5. The summed E-state index contributed by atoms with van der Waals surface area (Å²) >= 11 is 0.